The quantitative estimate of drug-likeness (QED) is 0.0923. The van der Waals surface area contributed by atoms with Gasteiger partial charge in [0.2, 0.25) is 0 Å². The van der Waals surface area contributed by atoms with Crippen LogP contribution in [-0.4, -0.2) is 385 Å². The Kier molecular flexibility index (Phi) is 35.0. The smallest absolute Gasteiger partial charge is 0.187 e. The van der Waals surface area contributed by atoms with Gasteiger partial charge in [0.1, 0.15) is 134 Å². The maximum Gasteiger partial charge on any atom is 0.187 e. The fraction of sp³-hybridized carbons (Fsp3) is 1.00. The summed E-state index contributed by atoms with van der Waals surface area (Å²) in [4.78, 5) is 0. The fourth-order valence-corrected chi connectivity index (χ4v) is 13.8. The van der Waals surface area contributed by atoms with Crippen LogP contribution >= 0.6 is 0 Å². The monoisotopic (exact) mass is 1380 g/mol. The second kappa shape index (κ2) is 41.1. The highest BCUT2D eigenvalue weighted by atomic mass is 16.8. The molecule has 95 heavy (non-hydrogen) atoms. The molecule has 32 atom stereocenters. The predicted molar refractivity (Wildman–Crippen MR) is 323 cm³/mol. The number of fused-ring (bicyclic) bond motifs is 6. The summed E-state index contributed by atoms with van der Waals surface area (Å²) in [7, 11) is 29.1. The molecule has 13 aliphatic heterocycles. The van der Waals surface area contributed by atoms with Crippen molar-refractivity contribution in [2.24, 2.45) is 0 Å². The normalized spacial score (nSPS) is 44.3. The van der Waals surface area contributed by atoms with Gasteiger partial charge in [-0.3, -0.25) is 0 Å². The summed E-state index contributed by atoms with van der Waals surface area (Å²) in [5.41, 5.74) is 0. The second-order valence-corrected chi connectivity index (χ2v) is 23.8. The Morgan fingerprint density at radius 3 is 0.832 bits per heavy atom. The van der Waals surface area contributed by atoms with Crippen molar-refractivity contribution in [2.45, 2.75) is 216 Å². The molecule has 13 heterocycles. The van der Waals surface area contributed by atoms with Crippen LogP contribution in [0.1, 0.15) is 19.8 Å². The molecular formula is C62H112O33. The van der Waals surface area contributed by atoms with E-state index in [-0.39, 0.29) is 65.7 Å². The zero-order chi connectivity index (χ0) is 68.9. The molecule has 13 rings (SSSR count). The van der Waals surface area contributed by atoms with Crippen LogP contribution in [0.3, 0.4) is 0 Å². The van der Waals surface area contributed by atoms with Crippen LogP contribution in [0.25, 0.3) is 0 Å². The summed E-state index contributed by atoms with van der Waals surface area (Å²) >= 11 is 0. The molecule has 13 saturated heterocycles. The molecule has 13 fully saturated rings. The van der Waals surface area contributed by atoms with E-state index in [1.165, 1.54) is 85.3 Å². The molecule has 32 unspecified atom stereocenters. The Morgan fingerprint density at radius 2 is 0.526 bits per heavy atom. The van der Waals surface area contributed by atoms with Crippen molar-refractivity contribution in [1.82, 2.24) is 0 Å². The van der Waals surface area contributed by atoms with Crippen LogP contribution in [0.2, 0.25) is 0 Å². The van der Waals surface area contributed by atoms with Crippen molar-refractivity contribution in [1.29, 1.82) is 0 Å². The summed E-state index contributed by atoms with van der Waals surface area (Å²) in [6.45, 7) is 2.21. The summed E-state index contributed by atoms with van der Waals surface area (Å²) < 4.78 is 211. The molecule has 0 radical (unpaired) electrons. The van der Waals surface area contributed by atoms with E-state index in [2.05, 4.69) is 0 Å². The van der Waals surface area contributed by atoms with Gasteiger partial charge in [-0.25, -0.2) is 0 Å². The van der Waals surface area contributed by atoms with Crippen molar-refractivity contribution in [3.63, 3.8) is 0 Å². The first-order valence-electron chi connectivity index (χ1n) is 32.1. The van der Waals surface area contributed by atoms with Crippen LogP contribution in [0.5, 0.6) is 0 Å². The Morgan fingerprint density at radius 1 is 0.242 bits per heavy atom. The average Bonchev–Trinajstić information content (AvgIpc) is 0.781. The van der Waals surface area contributed by atoms with Gasteiger partial charge < -0.3 is 156 Å². The van der Waals surface area contributed by atoms with Gasteiger partial charge in [0.05, 0.1) is 71.2 Å². The summed E-state index contributed by atoms with van der Waals surface area (Å²) in [5.74, 6) is 0. The van der Waals surface area contributed by atoms with Gasteiger partial charge >= 0.3 is 0 Å². The van der Waals surface area contributed by atoms with Crippen LogP contribution in [-0.2, 0) is 156 Å². The molecule has 0 aromatic heterocycles. The van der Waals surface area contributed by atoms with E-state index in [0.29, 0.717) is 0 Å². The summed E-state index contributed by atoms with van der Waals surface area (Å²) in [6.07, 6.45) is -29.5. The lowest BCUT2D eigenvalue weighted by Gasteiger charge is -2.52. The molecule has 33 nitrogen and oxygen atoms in total. The SMILES string of the molecule is COCCOC1OC2CC(OC)C(OC2COC)OC2C(COC)OC(OC3C(COC)OC(OC4C(COC)OC(OC5CC(OC)C(OC5COC)OC5C(COC)OC(OC(C)C(OC)C1OC)C(OC)C5OC)C(OC)C4OC)C(OC)C3OC)C(OC)C2OC. The third-order valence-corrected chi connectivity index (χ3v) is 18.4. The van der Waals surface area contributed by atoms with Gasteiger partial charge in [0, 0.05) is 148 Å². The standard InChI is InChI=1S/C62H112O33/c1-31-42(72-11)51(77-16)58(82-22-21-63-2)84-32-23-34(70-9)56(86-36(32)25-64-3)93-44-39(28-67-6)90-61(54(80-19)48(44)74-13)95-46-41(30-69-8)91-62(55(81-20)50(46)76-15)94-45-40(29-68-7)89-60(53(79-18)49(45)75-14)85-33-24-35(71-10)57(87-37(33)26-65-4)92-43-38(27-66-5)88-59(83-31)52(78-17)47(43)73-12/h31-62H,21-30H2,1-20H3. The van der Waals surface area contributed by atoms with E-state index in [0.717, 1.165) is 0 Å². The van der Waals surface area contributed by atoms with E-state index in [1.807, 2.05) is 0 Å². The molecule has 0 spiro atoms. The lowest BCUT2D eigenvalue weighted by molar-refractivity contribution is -0.397. The Hall–Kier alpha value is -1.32. The molecule has 0 N–H and O–H groups in total. The highest BCUT2D eigenvalue weighted by molar-refractivity contribution is 5.01. The highest BCUT2D eigenvalue weighted by Crippen LogP contribution is 2.41. The van der Waals surface area contributed by atoms with E-state index in [4.69, 9.17) is 156 Å². The lowest BCUT2D eigenvalue weighted by atomic mass is 9.95. The summed E-state index contributed by atoms with van der Waals surface area (Å²) in [6, 6.07) is 0. The fourth-order valence-electron chi connectivity index (χ4n) is 13.8. The number of hydrogen-bond acceptors (Lipinski definition) is 33. The Labute approximate surface area is 559 Å². The molecule has 0 aromatic rings. The zero-order valence-electron chi connectivity index (χ0n) is 59.0. The van der Waals surface area contributed by atoms with Crippen molar-refractivity contribution in [3.05, 3.63) is 0 Å². The number of rotatable bonds is 28. The number of methoxy groups -OCH3 is 19. The molecule has 558 valence electrons. The first kappa shape index (κ1) is 81.0. The first-order valence-corrected chi connectivity index (χ1v) is 32.1. The van der Waals surface area contributed by atoms with Gasteiger partial charge in [-0.2, -0.15) is 0 Å². The minimum Gasteiger partial charge on any atom is -0.382 e. The molecule has 0 amide bonds. The molecule has 0 saturated carbocycles. The van der Waals surface area contributed by atoms with Crippen LogP contribution in [0.4, 0.5) is 0 Å². The van der Waals surface area contributed by atoms with Crippen molar-refractivity contribution < 1.29 is 156 Å². The number of hydrogen-bond donors (Lipinski definition) is 0. The van der Waals surface area contributed by atoms with Gasteiger partial charge in [0.15, 0.2) is 44.0 Å². The second-order valence-electron chi connectivity index (χ2n) is 23.8. The van der Waals surface area contributed by atoms with Gasteiger partial charge in [-0.1, -0.05) is 0 Å². The van der Waals surface area contributed by atoms with Gasteiger partial charge in [0.25, 0.3) is 0 Å². The molecule has 13 aliphatic rings. The minimum atomic E-state index is -1.18. The largest absolute Gasteiger partial charge is 0.382 e. The van der Waals surface area contributed by atoms with Crippen molar-refractivity contribution in [2.75, 3.05) is 188 Å². The van der Waals surface area contributed by atoms with Gasteiger partial charge in [-0.15, -0.1) is 0 Å². The first-order chi connectivity index (χ1) is 46.2. The average molecular weight is 1390 g/mol. The highest BCUT2D eigenvalue weighted by Gasteiger charge is 2.59. The number of ether oxygens (including phenoxy) is 33. The Bertz CT molecular complexity index is 2070. The third kappa shape index (κ3) is 19.5. The van der Waals surface area contributed by atoms with Crippen molar-refractivity contribution >= 4 is 0 Å². The van der Waals surface area contributed by atoms with E-state index in [1.54, 1.807) is 56.7 Å². The molecular weight excluding hydrogens is 1270 g/mol. The van der Waals surface area contributed by atoms with Crippen LogP contribution in [0, 0.1) is 0 Å². The Balaban J connectivity index is 1.31. The maximum absolute atomic E-state index is 7.01. The topological polar surface area (TPSA) is 305 Å². The molecule has 0 aliphatic carbocycles. The predicted octanol–water partition coefficient (Wildman–Crippen LogP) is -0.107. The molecule has 12 bridgehead atoms. The van der Waals surface area contributed by atoms with Crippen molar-refractivity contribution in [3.8, 4) is 0 Å². The van der Waals surface area contributed by atoms with Crippen LogP contribution < -0.4 is 0 Å². The minimum absolute atomic E-state index is 0.000810. The van der Waals surface area contributed by atoms with E-state index in [9.17, 15) is 0 Å². The third-order valence-electron chi connectivity index (χ3n) is 18.4. The zero-order valence-corrected chi connectivity index (χ0v) is 59.0. The van der Waals surface area contributed by atoms with E-state index >= 15 is 0 Å². The summed E-state index contributed by atoms with van der Waals surface area (Å²) in [5, 5.41) is 0. The molecule has 0 aromatic carbocycles. The van der Waals surface area contributed by atoms with E-state index < -0.39 is 197 Å². The molecule has 33 heteroatoms. The van der Waals surface area contributed by atoms with Crippen LogP contribution in [0.15, 0.2) is 0 Å². The maximum atomic E-state index is 7.01. The lowest BCUT2D eigenvalue weighted by Crippen LogP contribution is -2.68. The van der Waals surface area contributed by atoms with Gasteiger partial charge in [-0.05, 0) is 6.92 Å².